The van der Waals surface area contributed by atoms with Gasteiger partial charge < -0.3 is 9.15 Å². The van der Waals surface area contributed by atoms with E-state index in [1.165, 1.54) is 36.3 Å². The number of carbonyl (C=O) groups excluding carboxylic acids is 1. The van der Waals surface area contributed by atoms with Crippen molar-refractivity contribution in [2.24, 2.45) is 0 Å². The molecule has 0 spiro atoms. The third-order valence-electron chi connectivity index (χ3n) is 3.65. The molecule has 1 aromatic carbocycles. The summed E-state index contributed by atoms with van der Waals surface area (Å²) in [6.07, 6.45) is 1.47. The second-order valence-corrected chi connectivity index (χ2v) is 6.14. The molecule has 3 aromatic rings. The summed E-state index contributed by atoms with van der Waals surface area (Å²) in [5.41, 5.74) is 4.01. The lowest BCUT2D eigenvalue weighted by atomic mass is 10.1. The zero-order chi connectivity index (χ0) is 17.1. The highest BCUT2D eigenvalue weighted by molar-refractivity contribution is 7.98. The molecule has 0 saturated heterocycles. The molecule has 0 fully saturated rings. The zero-order valence-electron chi connectivity index (χ0n) is 13.5. The summed E-state index contributed by atoms with van der Waals surface area (Å²) in [7, 11) is 1.32. The van der Waals surface area contributed by atoms with Crippen LogP contribution in [0, 0.1) is 13.8 Å². The highest BCUT2D eigenvalue weighted by atomic mass is 32.2. The van der Waals surface area contributed by atoms with Crippen LogP contribution < -0.4 is 0 Å². The van der Waals surface area contributed by atoms with Crippen LogP contribution >= 0.6 is 11.8 Å². The molecule has 0 saturated carbocycles. The number of nitrogens with zero attached hydrogens (tertiary/aromatic N) is 4. The van der Waals surface area contributed by atoms with Gasteiger partial charge in [-0.1, -0.05) is 17.8 Å². The Morgan fingerprint density at radius 3 is 2.88 bits per heavy atom. The molecule has 0 atom stereocenters. The number of thioether (sulfide) groups is 1. The topological polar surface area (TPSA) is 83.0 Å². The first-order valence-electron chi connectivity index (χ1n) is 7.23. The summed E-state index contributed by atoms with van der Waals surface area (Å²) in [6, 6.07) is 7.78. The Kier molecular flexibility index (Phi) is 4.66. The lowest BCUT2D eigenvalue weighted by Crippen LogP contribution is -2.03. The van der Waals surface area contributed by atoms with E-state index >= 15 is 0 Å². The maximum Gasteiger partial charge on any atom is 0.374 e. The number of aromatic nitrogens is 4. The maximum absolute atomic E-state index is 11.6. The maximum atomic E-state index is 11.6. The van der Waals surface area contributed by atoms with Crippen molar-refractivity contribution < 1.29 is 13.9 Å². The SMILES string of the molecule is COC(=O)c1occc1CSc1nnnn1-c1ccc(C)c(C)c1. The lowest BCUT2D eigenvalue weighted by molar-refractivity contribution is 0.0564. The monoisotopic (exact) mass is 344 g/mol. The summed E-state index contributed by atoms with van der Waals surface area (Å²) in [5.74, 6) is 0.200. The van der Waals surface area contributed by atoms with Gasteiger partial charge in [0.2, 0.25) is 10.9 Å². The van der Waals surface area contributed by atoms with Crippen molar-refractivity contribution in [2.45, 2.75) is 24.8 Å². The zero-order valence-corrected chi connectivity index (χ0v) is 14.3. The van der Waals surface area contributed by atoms with Gasteiger partial charge in [0, 0.05) is 11.3 Å². The molecular weight excluding hydrogens is 328 g/mol. The summed E-state index contributed by atoms with van der Waals surface area (Å²) < 4.78 is 11.6. The molecule has 0 unspecified atom stereocenters. The minimum atomic E-state index is -0.496. The van der Waals surface area contributed by atoms with Crippen LogP contribution in [-0.4, -0.2) is 33.3 Å². The van der Waals surface area contributed by atoms with E-state index in [4.69, 9.17) is 9.15 Å². The molecule has 2 heterocycles. The van der Waals surface area contributed by atoms with Crippen LogP contribution in [0.5, 0.6) is 0 Å². The summed E-state index contributed by atoms with van der Waals surface area (Å²) in [6.45, 7) is 4.10. The van der Waals surface area contributed by atoms with Crippen molar-refractivity contribution in [3.63, 3.8) is 0 Å². The van der Waals surface area contributed by atoms with Gasteiger partial charge in [-0.05, 0) is 53.6 Å². The molecule has 2 aromatic heterocycles. The van der Waals surface area contributed by atoms with E-state index in [0.717, 1.165) is 11.3 Å². The van der Waals surface area contributed by atoms with Crippen LogP contribution in [0.1, 0.15) is 27.2 Å². The fourth-order valence-electron chi connectivity index (χ4n) is 2.15. The number of rotatable bonds is 5. The standard InChI is InChI=1S/C16H16N4O3S/c1-10-4-5-13(8-11(10)2)20-16(17-18-19-20)24-9-12-6-7-23-14(12)15(21)22-3/h4-8H,9H2,1-3H3. The smallest absolute Gasteiger partial charge is 0.374 e. The molecule has 0 bridgehead atoms. The van der Waals surface area contributed by atoms with Crippen molar-refractivity contribution >= 4 is 17.7 Å². The molecule has 7 nitrogen and oxygen atoms in total. The van der Waals surface area contributed by atoms with E-state index in [0.29, 0.717) is 10.9 Å². The Morgan fingerprint density at radius 2 is 2.12 bits per heavy atom. The van der Waals surface area contributed by atoms with Crippen molar-refractivity contribution in [3.8, 4) is 5.69 Å². The Balaban J connectivity index is 1.80. The summed E-state index contributed by atoms with van der Waals surface area (Å²) in [5, 5.41) is 12.5. The number of aryl methyl sites for hydroxylation is 2. The van der Waals surface area contributed by atoms with Crippen LogP contribution in [0.2, 0.25) is 0 Å². The molecule has 3 rings (SSSR count). The molecular formula is C16H16N4O3S. The minimum Gasteiger partial charge on any atom is -0.463 e. The molecule has 0 aliphatic carbocycles. The van der Waals surface area contributed by atoms with Crippen molar-refractivity contribution in [2.75, 3.05) is 7.11 Å². The summed E-state index contributed by atoms with van der Waals surface area (Å²) in [4.78, 5) is 11.6. The van der Waals surface area contributed by atoms with Crippen LogP contribution in [0.25, 0.3) is 5.69 Å². The molecule has 0 N–H and O–H groups in total. The molecule has 124 valence electrons. The number of carbonyl (C=O) groups is 1. The van der Waals surface area contributed by atoms with Crippen molar-refractivity contribution in [3.05, 3.63) is 53.0 Å². The highest BCUT2D eigenvalue weighted by Crippen LogP contribution is 2.25. The van der Waals surface area contributed by atoms with E-state index in [1.807, 2.05) is 25.1 Å². The number of hydrogen-bond acceptors (Lipinski definition) is 7. The van der Waals surface area contributed by atoms with Crippen LogP contribution in [-0.2, 0) is 10.5 Å². The molecule has 0 radical (unpaired) electrons. The quantitative estimate of drug-likeness (QED) is 0.520. The number of methoxy groups -OCH3 is 1. The number of ether oxygens (including phenoxy) is 1. The Labute approximate surface area is 143 Å². The number of hydrogen-bond donors (Lipinski definition) is 0. The van der Waals surface area contributed by atoms with Crippen LogP contribution in [0.3, 0.4) is 0 Å². The first kappa shape index (κ1) is 16.3. The minimum absolute atomic E-state index is 0.204. The summed E-state index contributed by atoms with van der Waals surface area (Å²) >= 11 is 1.42. The van der Waals surface area contributed by atoms with Gasteiger partial charge in [-0.25, -0.2) is 4.79 Å². The van der Waals surface area contributed by atoms with Crippen LogP contribution in [0.4, 0.5) is 0 Å². The van der Waals surface area contributed by atoms with E-state index in [9.17, 15) is 4.79 Å². The molecule has 0 amide bonds. The number of furan rings is 1. The van der Waals surface area contributed by atoms with Crippen LogP contribution in [0.15, 0.2) is 40.1 Å². The third-order valence-corrected chi connectivity index (χ3v) is 4.62. The van der Waals surface area contributed by atoms with Gasteiger partial charge in [-0.3, -0.25) is 0 Å². The van der Waals surface area contributed by atoms with Gasteiger partial charge >= 0.3 is 5.97 Å². The van der Waals surface area contributed by atoms with Crippen molar-refractivity contribution in [1.82, 2.24) is 20.2 Å². The van der Waals surface area contributed by atoms with Crippen molar-refractivity contribution in [1.29, 1.82) is 0 Å². The fraction of sp³-hybridized carbons (Fsp3) is 0.250. The first-order chi connectivity index (χ1) is 11.6. The fourth-order valence-corrected chi connectivity index (χ4v) is 3.02. The largest absolute Gasteiger partial charge is 0.463 e. The Hall–Kier alpha value is -2.61. The Bertz CT molecular complexity index is 872. The predicted octanol–water partition coefficient (Wildman–Crippen LogP) is 2.95. The normalized spacial score (nSPS) is 10.8. The molecule has 24 heavy (non-hydrogen) atoms. The lowest BCUT2D eigenvalue weighted by Gasteiger charge is -2.07. The van der Waals surface area contributed by atoms with Gasteiger partial charge in [-0.15, -0.1) is 5.10 Å². The van der Waals surface area contributed by atoms with E-state index in [2.05, 4.69) is 22.4 Å². The van der Waals surface area contributed by atoms with E-state index in [1.54, 1.807) is 10.7 Å². The Morgan fingerprint density at radius 1 is 1.29 bits per heavy atom. The molecule has 0 aliphatic heterocycles. The number of esters is 1. The van der Waals surface area contributed by atoms with Gasteiger partial charge in [0.05, 0.1) is 19.1 Å². The predicted molar refractivity (Wildman–Crippen MR) is 88.2 cm³/mol. The first-order valence-corrected chi connectivity index (χ1v) is 8.22. The number of tetrazole rings is 1. The molecule has 8 heteroatoms. The molecule has 0 aliphatic rings. The van der Waals surface area contributed by atoms with Gasteiger partial charge in [-0.2, -0.15) is 4.68 Å². The number of benzene rings is 1. The highest BCUT2D eigenvalue weighted by Gasteiger charge is 2.17. The third kappa shape index (κ3) is 3.18. The average Bonchev–Trinajstić information content (AvgIpc) is 3.23. The van der Waals surface area contributed by atoms with E-state index in [-0.39, 0.29) is 5.76 Å². The second kappa shape index (κ2) is 6.88. The van der Waals surface area contributed by atoms with Gasteiger partial charge in [0.1, 0.15) is 0 Å². The second-order valence-electron chi connectivity index (χ2n) is 5.20. The van der Waals surface area contributed by atoms with E-state index < -0.39 is 5.97 Å². The van der Waals surface area contributed by atoms with Gasteiger partial charge in [0.25, 0.3) is 0 Å². The average molecular weight is 344 g/mol. The van der Waals surface area contributed by atoms with Gasteiger partial charge in [0.15, 0.2) is 0 Å².